The van der Waals surface area contributed by atoms with Gasteiger partial charge in [-0.2, -0.15) is 5.26 Å². The van der Waals surface area contributed by atoms with Crippen molar-refractivity contribution >= 4 is 0 Å². The molecule has 0 radical (unpaired) electrons. The Morgan fingerprint density at radius 3 is 2.56 bits per heavy atom. The first-order chi connectivity index (χ1) is 8.60. The van der Waals surface area contributed by atoms with Gasteiger partial charge in [-0.3, -0.25) is 0 Å². The standard InChI is InChI=1S/C15H12FNO/c1-10-3-6-14(16)15(7-10)18-13-5-4-12(9-17)11(2)8-13/h3-8H,1-2H3. The van der Waals surface area contributed by atoms with Gasteiger partial charge in [-0.25, -0.2) is 4.39 Å². The van der Waals surface area contributed by atoms with Crippen molar-refractivity contribution in [3.05, 3.63) is 58.9 Å². The Balaban J connectivity index is 2.32. The molecular weight excluding hydrogens is 229 g/mol. The summed E-state index contributed by atoms with van der Waals surface area (Å²) >= 11 is 0. The highest BCUT2D eigenvalue weighted by Gasteiger charge is 2.06. The SMILES string of the molecule is Cc1ccc(F)c(Oc2ccc(C#N)c(C)c2)c1. The molecule has 0 aliphatic carbocycles. The smallest absolute Gasteiger partial charge is 0.165 e. The lowest BCUT2D eigenvalue weighted by atomic mass is 10.1. The molecule has 3 heteroatoms. The van der Waals surface area contributed by atoms with Crippen LogP contribution in [0.15, 0.2) is 36.4 Å². The number of ether oxygens (including phenoxy) is 1. The molecule has 0 heterocycles. The first-order valence-corrected chi connectivity index (χ1v) is 5.55. The van der Waals surface area contributed by atoms with E-state index in [0.717, 1.165) is 11.1 Å². The number of benzene rings is 2. The molecule has 2 nitrogen and oxygen atoms in total. The zero-order valence-corrected chi connectivity index (χ0v) is 10.2. The molecule has 0 saturated heterocycles. The number of rotatable bonds is 2. The zero-order chi connectivity index (χ0) is 13.1. The van der Waals surface area contributed by atoms with E-state index >= 15 is 0 Å². The highest BCUT2D eigenvalue weighted by atomic mass is 19.1. The average Bonchev–Trinajstić information content (AvgIpc) is 2.34. The van der Waals surface area contributed by atoms with Crippen LogP contribution in [-0.4, -0.2) is 0 Å². The van der Waals surface area contributed by atoms with Crippen LogP contribution in [0.1, 0.15) is 16.7 Å². The molecular formula is C15H12FNO. The molecule has 0 spiro atoms. The van der Waals surface area contributed by atoms with Gasteiger partial charge in [0.25, 0.3) is 0 Å². The molecule has 2 rings (SSSR count). The van der Waals surface area contributed by atoms with E-state index in [-0.39, 0.29) is 5.75 Å². The van der Waals surface area contributed by atoms with E-state index in [0.29, 0.717) is 11.3 Å². The quantitative estimate of drug-likeness (QED) is 0.792. The fourth-order valence-corrected chi connectivity index (χ4v) is 1.64. The lowest BCUT2D eigenvalue weighted by Crippen LogP contribution is -1.91. The van der Waals surface area contributed by atoms with Crippen molar-refractivity contribution in [2.75, 3.05) is 0 Å². The fourth-order valence-electron chi connectivity index (χ4n) is 1.64. The van der Waals surface area contributed by atoms with Gasteiger partial charge in [0.1, 0.15) is 5.75 Å². The van der Waals surface area contributed by atoms with E-state index in [1.165, 1.54) is 6.07 Å². The van der Waals surface area contributed by atoms with E-state index in [1.54, 1.807) is 30.3 Å². The summed E-state index contributed by atoms with van der Waals surface area (Å²) in [5, 5.41) is 8.83. The normalized spacial score (nSPS) is 9.89. The van der Waals surface area contributed by atoms with E-state index < -0.39 is 5.82 Å². The van der Waals surface area contributed by atoms with Crippen molar-refractivity contribution in [1.82, 2.24) is 0 Å². The van der Waals surface area contributed by atoms with Crippen LogP contribution < -0.4 is 4.74 Å². The largest absolute Gasteiger partial charge is 0.454 e. The van der Waals surface area contributed by atoms with Gasteiger partial charge < -0.3 is 4.74 Å². The monoisotopic (exact) mass is 241 g/mol. The highest BCUT2D eigenvalue weighted by Crippen LogP contribution is 2.26. The van der Waals surface area contributed by atoms with Gasteiger partial charge >= 0.3 is 0 Å². The predicted molar refractivity (Wildman–Crippen MR) is 67.1 cm³/mol. The summed E-state index contributed by atoms with van der Waals surface area (Å²) in [7, 11) is 0. The Hall–Kier alpha value is -2.34. The minimum absolute atomic E-state index is 0.194. The number of halogens is 1. The maximum Gasteiger partial charge on any atom is 0.165 e. The Bertz CT molecular complexity index is 629. The minimum Gasteiger partial charge on any atom is -0.454 e. The fraction of sp³-hybridized carbons (Fsp3) is 0.133. The molecule has 18 heavy (non-hydrogen) atoms. The maximum absolute atomic E-state index is 13.5. The van der Waals surface area contributed by atoms with E-state index in [1.807, 2.05) is 13.8 Å². The molecule has 0 saturated carbocycles. The second-order valence-corrected chi connectivity index (χ2v) is 4.12. The summed E-state index contributed by atoms with van der Waals surface area (Å²) in [6, 6.07) is 11.8. The number of nitrogens with zero attached hydrogens (tertiary/aromatic N) is 1. The van der Waals surface area contributed by atoms with Crippen LogP contribution in [0.2, 0.25) is 0 Å². The Morgan fingerprint density at radius 2 is 1.89 bits per heavy atom. The summed E-state index contributed by atoms with van der Waals surface area (Å²) in [5.41, 5.74) is 2.33. The molecule has 0 unspecified atom stereocenters. The van der Waals surface area contributed by atoms with Crippen molar-refractivity contribution < 1.29 is 9.13 Å². The van der Waals surface area contributed by atoms with Gasteiger partial charge in [-0.15, -0.1) is 0 Å². The summed E-state index contributed by atoms with van der Waals surface area (Å²) in [6.45, 7) is 3.69. The molecule has 2 aromatic carbocycles. The van der Waals surface area contributed by atoms with E-state index in [2.05, 4.69) is 6.07 Å². The van der Waals surface area contributed by atoms with Crippen LogP contribution in [0.5, 0.6) is 11.5 Å². The Morgan fingerprint density at radius 1 is 1.11 bits per heavy atom. The molecule has 0 fully saturated rings. The molecule has 0 N–H and O–H groups in total. The van der Waals surface area contributed by atoms with Crippen molar-refractivity contribution in [1.29, 1.82) is 5.26 Å². The topological polar surface area (TPSA) is 33.0 Å². The molecule has 90 valence electrons. The van der Waals surface area contributed by atoms with Gasteiger partial charge in [-0.05, 0) is 55.3 Å². The van der Waals surface area contributed by atoms with Crippen molar-refractivity contribution in [2.24, 2.45) is 0 Å². The minimum atomic E-state index is -0.400. The van der Waals surface area contributed by atoms with Gasteiger partial charge in [0.05, 0.1) is 11.6 Å². The Kier molecular flexibility index (Phi) is 3.29. The summed E-state index contributed by atoms with van der Waals surface area (Å²) < 4.78 is 19.0. The molecule has 0 amide bonds. The Labute approximate surface area is 105 Å². The van der Waals surface area contributed by atoms with Gasteiger partial charge in [0.15, 0.2) is 11.6 Å². The summed E-state index contributed by atoms with van der Waals surface area (Å²) in [5.74, 6) is 0.317. The number of nitriles is 1. The van der Waals surface area contributed by atoms with Crippen LogP contribution in [-0.2, 0) is 0 Å². The second kappa shape index (κ2) is 4.89. The molecule has 0 aliphatic rings. The van der Waals surface area contributed by atoms with Crippen LogP contribution >= 0.6 is 0 Å². The summed E-state index contributed by atoms with van der Waals surface area (Å²) in [6.07, 6.45) is 0. The number of aryl methyl sites for hydroxylation is 2. The van der Waals surface area contributed by atoms with Crippen molar-refractivity contribution in [3.8, 4) is 17.6 Å². The lowest BCUT2D eigenvalue weighted by molar-refractivity contribution is 0.441. The summed E-state index contributed by atoms with van der Waals surface area (Å²) in [4.78, 5) is 0. The van der Waals surface area contributed by atoms with Gasteiger partial charge in [0, 0.05) is 0 Å². The van der Waals surface area contributed by atoms with Crippen molar-refractivity contribution in [2.45, 2.75) is 13.8 Å². The zero-order valence-electron chi connectivity index (χ0n) is 10.2. The lowest BCUT2D eigenvalue weighted by Gasteiger charge is -2.08. The van der Waals surface area contributed by atoms with Gasteiger partial charge in [0.2, 0.25) is 0 Å². The second-order valence-electron chi connectivity index (χ2n) is 4.12. The predicted octanol–water partition coefficient (Wildman–Crippen LogP) is 4.11. The third-order valence-electron chi connectivity index (χ3n) is 2.63. The van der Waals surface area contributed by atoms with Crippen LogP contribution in [0.3, 0.4) is 0 Å². The first kappa shape index (κ1) is 12.1. The molecule has 0 bridgehead atoms. The van der Waals surface area contributed by atoms with E-state index in [9.17, 15) is 4.39 Å². The van der Waals surface area contributed by atoms with Crippen LogP contribution in [0, 0.1) is 31.0 Å². The number of hydrogen-bond acceptors (Lipinski definition) is 2. The van der Waals surface area contributed by atoms with Crippen molar-refractivity contribution in [3.63, 3.8) is 0 Å². The average molecular weight is 241 g/mol. The van der Waals surface area contributed by atoms with Crippen LogP contribution in [0.25, 0.3) is 0 Å². The maximum atomic E-state index is 13.5. The third kappa shape index (κ3) is 2.49. The first-order valence-electron chi connectivity index (χ1n) is 5.55. The number of hydrogen-bond donors (Lipinski definition) is 0. The van der Waals surface area contributed by atoms with E-state index in [4.69, 9.17) is 10.00 Å². The van der Waals surface area contributed by atoms with Crippen LogP contribution in [0.4, 0.5) is 4.39 Å². The molecule has 0 atom stereocenters. The third-order valence-corrected chi connectivity index (χ3v) is 2.63. The highest BCUT2D eigenvalue weighted by molar-refractivity contribution is 5.43. The molecule has 0 aromatic heterocycles. The van der Waals surface area contributed by atoms with Gasteiger partial charge in [-0.1, -0.05) is 6.07 Å². The molecule has 2 aromatic rings. The molecule has 0 aliphatic heterocycles.